The topological polar surface area (TPSA) is 97.8 Å². The summed E-state index contributed by atoms with van der Waals surface area (Å²) in [6, 6.07) is 15.7. The molecule has 0 aliphatic heterocycles. The molecule has 0 aliphatic rings. The van der Waals surface area contributed by atoms with Gasteiger partial charge in [-0.15, -0.1) is 10.2 Å². The molecule has 0 fully saturated rings. The zero-order chi connectivity index (χ0) is 21.0. The van der Waals surface area contributed by atoms with E-state index < -0.39 is 0 Å². The Kier molecular flexibility index (Phi) is 5.12. The third kappa shape index (κ3) is 3.76. The highest BCUT2D eigenvalue weighted by Crippen LogP contribution is 2.34. The molecule has 0 spiro atoms. The first-order chi connectivity index (χ1) is 15.3. The van der Waals surface area contributed by atoms with Crippen LogP contribution in [0.15, 0.2) is 67.3 Å². The summed E-state index contributed by atoms with van der Waals surface area (Å²) in [7, 11) is 1.65. The minimum Gasteiger partial charge on any atom is -0.491 e. The molecule has 8 heteroatoms. The predicted molar refractivity (Wildman–Crippen MR) is 120 cm³/mol. The number of aromatic nitrogens is 5. The number of ether oxygens (including phenoxy) is 2. The monoisotopic (exact) mass is 412 g/mol. The lowest BCUT2D eigenvalue weighted by Gasteiger charge is -2.14. The van der Waals surface area contributed by atoms with E-state index in [0.29, 0.717) is 19.0 Å². The molecule has 8 nitrogen and oxygen atoms in total. The van der Waals surface area contributed by atoms with Crippen LogP contribution in [0.2, 0.25) is 0 Å². The summed E-state index contributed by atoms with van der Waals surface area (Å²) >= 11 is 0. The molecule has 2 N–H and O–H groups in total. The van der Waals surface area contributed by atoms with Crippen LogP contribution in [0, 0.1) is 0 Å². The second-order valence-electron chi connectivity index (χ2n) is 6.92. The van der Waals surface area contributed by atoms with Crippen molar-refractivity contribution in [3.63, 3.8) is 0 Å². The summed E-state index contributed by atoms with van der Waals surface area (Å²) in [5.41, 5.74) is 2.56. The summed E-state index contributed by atoms with van der Waals surface area (Å²) in [6.45, 7) is 1.02. The fourth-order valence-corrected chi connectivity index (χ4v) is 3.54. The number of fused-ring (bicyclic) bond motifs is 3. The van der Waals surface area contributed by atoms with Crippen LogP contribution in [-0.4, -0.2) is 45.5 Å². The highest BCUT2D eigenvalue weighted by molar-refractivity contribution is 6.13. The third-order valence-electron chi connectivity index (χ3n) is 4.95. The van der Waals surface area contributed by atoms with Crippen molar-refractivity contribution in [2.75, 3.05) is 25.6 Å². The van der Waals surface area contributed by atoms with Gasteiger partial charge in [0.15, 0.2) is 5.82 Å². The van der Waals surface area contributed by atoms with E-state index >= 15 is 0 Å². The molecule has 0 aliphatic carbocycles. The Bertz CT molecular complexity index is 1340. The minimum atomic E-state index is 0.489. The first-order valence-corrected chi connectivity index (χ1v) is 9.85. The molecule has 5 aromatic rings. The van der Waals surface area contributed by atoms with Crippen molar-refractivity contribution in [1.29, 1.82) is 0 Å². The maximum Gasteiger partial charge on any atom is 0.163 e. The Hall–Kier alpha value is -4.04. The number of para-hydroxylation sites is 1. The Balaban J connectivity index is 1.61. The van der Waals surface area contributed by atoms with Gasteiger partial charge in [0.1, 0.15) is 24.5 Å². The standard InChI is InChI=1S/C23H20N6O2/c1-30-10-11-31-16-5-2-4-15(12-16)27-23-18-8-9-24-13-20(18)17-6-3-7-19(21(17)28-23)22-25-14-26-29-22/h2-9,12-14H,10-11H2,1H3,(H,27,28)(H,25,26,29). The van der Waals surface area contributed by atoms with Crippen LogP contribution in [0.25, 0.3) is 33.1 Å². The molecule has 31 heavy (non-hydrogen) atoms. The quantitative estimate of drug-likeness (QED) is 0.303. The SMILES string of the molecule is COCCOc1cccc(Nc2nc3c(-c4nnc[nH]4)cccc3c3cnccc23)c1. The van der Waals surface area contributed by atoms with Crippen LogP contribution < -0.4 is 10.1 Å². The smallest absolute Gasteiger partial charge is 0.163 e. The lowest BCUT2D eigenvalue weighted by atomic mass is 10.0. The molecule has 0 amide bonds. The van der Waals surface area contributed by atoms with Crippen LogP contribution in [0.1, 0.15) is 0 Å². The molecule has 5 rings (SSSR count). The molecule has 3 aromatic heterocycles. The Labute approximate surface area is 178 Å². The van der Waals surface area contributed by atoms with Gasteiger partial charge in [0, 0.05) is 53.0 Å². The number of rotatable bonds is 7. The van der Waals surface area contributed by atoms with Gasteiger partial charge < -0.3 is 19.8 Å². The summed E-state index contributed by atoms with van der Waals surface area (Å²) < 4.78 is 10.8. The highest BCUT2D eigenvalue weighted by Gasteiger charge is 2.14. The highest BCUT2D eigenvalue weighted by atomic mass is 16.5. The Morgan fingerprint density at radius 1 is 1.00 bits per heavy atom. The summed E-state index contributed by atoms with van der Waals surface area (Å²) in [5, 5.41) is 14.5. The van der Waals surface area contributed by atoms with Crippen molar-refractivity contribution in [2.45, 2.75) is 0 Å². The number of aromatic amines is 1. The average Bonchev–Trinajstić information content (AvgIpc) is 3.34. The molecule has 0 radical (unpaired) electrons. The molecule has 0 saturated carbocycles. The summed E-state index contributed by atoms with van der Waals surface area (Å²) in [6.07, 6.45) is 5.19. The predicted octanol–water partition coefficient (Wildman–Crippen LogP) is 4.34. The lowest BCUT2D eigenvalue weighted by Crippen LogP contribution is -2.04. The molecule has 0 unspecified atom stereocenters. The molecular weight excluding hydrogens is 392 g/mol. The van der Waals surface area contributed by atoms with Crippen molar-refractivity contribution >= 4 is 33.2 Å². The molecule has 0 bridgehead atoms. The van der Waals surface area contributed by atoms with Crippen molar-refractivity contribution in [2.24, 2.45) is 0 Å². The number of hydrogen-bond donors (Lipinski definition) is 2. The molecule has 3 heterocycles. The van der Waals surface area contributed by atoms with E-state index in [4.69, 9.17) is 14.5 Å². The normalized spacial score (nSPS) is 11.1. The number of methoxy groups -OCH3 is 1. The van der Waals surface area contributed by atoms with E-state index in [9.17, 15) is 0 Å². The number of pyridine rings is 2. The molecule has 0 atom stereocenters. The van der Waals surface area contributed by atoms with Gasteiger partial charge in [0.2, 0.25) is 0 Å². The van der Waals surface area contributed by atoms with Crippen LogP contribution in [-0.2, 0) is 4.74 Å². The second kappa shape index (κ2) is 8.37. The molecule has 154 valence electrons. The van der Waals surface area contributed by atoms with Gasteiger partial charge in [-0.05, 0) is 24.3 Å². The largest absolute Gasteiger partial charge is 0.491 e. The maximum absolute atomic E-state index is 5.74. The van der Waals surface area contributed by atoms with Crippen molar-refractivity contribution < 1.29 is 9.47 Å². The number of H-pyrrole nitrogens is 1. The summed E-state index contributed by atoms with van der Waals surface area (Å²) in [4.78, 5) is 12.4. The van der Waals surface area contributed by atoms with Gasteiger partial charge in [-0.2, -0.15) is 0 Å². The van der Waals surface area contributed by atoms with E-state index in [1.54, 1.807) is 19.6 Å². The van der Waals surface area contributed by atoms with E-state index in [-0.39, 0.29) is 0 Å². The van der Waals surface area contributed by atoms with E-state index in [1.165, 1.54) is 0 Å². The van der Waals surface area contributed by atoms with Crippen molar-refractivity contribution in [3.05, 3.63) is 67.3 Å². The molecular formula is C23H20N6O2. The fraction of sp³-hybridized carbons (Fsp3) is 0.130. The maximum atomic E-state index is 5.74. The molecule has 2 aromatic carbocycles. The van der Waals surface area contributed by atoms with Gasteiger partial charge in [-0.1, -0.05) is 18.2 Å². The minimum absolute atomic E-state index is 0.489. The molecule has 0 saturated heterocycles. The van der Waals surface area contributed by atoms with Crippen LogP contribution in [0.3, 0.4) is 0 Å². The zero-order valence-electron chi connectivity index (χ0n) is 16.9. The first kappa shape index (κ1) is 19.0. The number of benzene rings is 2. The fourth-order valence-electron chi connectivity index (χ4n) is 3.54. The second-order valence-corrected chi connectivity index (χ2v) is 6.92. The van der Waals surface area contributed by atoms with Gasteiger partial charge >= 0.3 is 0 Å². The van der Waals surface area contributed by atoms with Crippen molar-refractivity contribution in [3.8, 4) is 17.1 Å². The van der Waals surface area contributed by atoms with Gasteiger partial charge in [0.25, 0.3) is 0 Å². The third-order valence-corrected chi connectivity index (χ3v) is 4.95. The van der Waals surface area contributed by atoms with Crippen LogP contribution in [0.5, 0.6) is 5.75 Å². The Morgan fingerprint density at radius 3 is 2.81 bits per heavy atom. The lowest BCUT2D eigenvalue weighted by molar-refractivity contribution is 0.146. The number of nitrogens with zero attached hydrogens (tertiary/aromatic N) is 4. The van der Waals surface area contributed by atoms with Gasteiger partial charge in [-0.3, -0.25) is 4.98 Å². The average molecular weight is 412 g/mol. The summed E-state index contributed by atoms with van der Waals surface area (Å²) in [5.74, 6) is 2.16. The number of nitrogens with one attached hydrogen (secondary N) is 2. The van der Waals surface area contributed by atoms with Crippen LogP contribution >= 0.6 is 0 Å². The van der Waals surface area contributed by atoms with E-state index in [1.807, 2.05) is 54.7 Å². The van der Waals surface area contributed by atoms with E-state index in [0.717, 1.165) is 44.5 Å². The van der Waals surface area contributed by atoms with Gasteiger partial charge in [0.05, 0.1) is 12.1 Å². The number of anilines is 2. The van der Waals surface area contributed by atoms with Crippen molar-refractivity contribution in [1.82, 2.24) is 25.1 Å². The Morgan fingerprint density at radius 2 is 1.94 bits per heavy atom. The van der Waals surface area contributed by atoms with Gasteiger partial charge in [-0.25, -0.2) is 4.98 Å². The number of hydrogen-bond acceptors (Lipinski definition) is 7. The zero-order valence-corrected chi connectivity index (χ0v) is 16.9. The van der Waals surface area contributed by atoms with Crippen LogP contribution in [0.4, 0.5) is 11.5 Å². The van der Waals surface area contributed by atoms with E-state index in [2.05, 4.69) is 25.5 Å². The first-order valence-electron chi connectivity index (χ1n) is 9.85.